The molecule has 1 aliphatic heterocycles. The summed E-state index contributed by atoms with van der Waals surface area (Å²) < 4.78 is 4.99. The number of likely N-dealkylation sites (N-methyl/N-ethyl adjacent to an activating group) is 1. The van der Waals surface area contributed by atoms with E-state index in [0.717, 1.165) is 31.1 Å². The van der Waals surface area contributed by atoms with Crippen molar-refractivity contribution in [1.82, 2.24) is 15.5 Å². The average Bonchev–Trinajstić information content (AvgIpc) is 2.88. The predicted molar refractivity (Wildman–Crippen MR) is 72.1 cm³/mol. The quantitative estimate of drug-likeness (QED) is 0.711. The van der Waals surface area contributed by atoms with Crippen molar-refractivity contribution in [3.63, 3.8) is 0 Å². The lowest BCUT2D eigenvalue weighted by Crippen LogP contribution is -2.29. The molecule has 2 N–H and O–H groups in total. The first-order valence-electron chi connectivity index (χ1n) is 6.31. The third-order valence-corrected chi connectivity index (χ3v) is 3.21. The third-order valence-electron chi connectivity index (χ3n) is 3.21. The first kappa shape index (κ1) is 13.0. The summed E-state index contributed by atoms with van der Waals surface area (Å²) in [7, 11) is 3.70. The van der Waals surface area contributed by atoms with E-state index >= 15 is 0 Å². The Morgan fingerprint density at radius 1 is 1.56 bits per heavy atom. The molecule has 100 valence electrons. The molecule has 2 heterocycles. The number of methoxy groups -OCH3 is 1. The molecule has 0 bridgehead atoms. The van der Waals surface area contributed by atoms with Gasteiger partial charge in [0.25, 0.3) is 0 Å². The van der Waals surface area contributed by atoms with Gasteiger partial charge in [-0.1, -0.05) is 0 Å². The number of hydrogen-bond acceptors (Lipinski definition) is 6. The van der Waals surface area contributed by atoms with E-state index in [-0.39, 0.29) is 0 Å². The Labute approximate surface area is 108 Å². The summed E-state index contributed by atoms with van der Waals surface area (Å²) >= 11 is 0. The van der Waals surface area contributed by atoms with Gasteiger partial charge >= 0.3 is 0 Å². The summed E-state index contributed by atoms with van der Waals surface area (Å²) in [5, 5.41) is 14.6. The molecule has 0 radical (unpaired) electrons. The van der Waals surface area contributed by atoms with Crippen LogP contribution in [0, 0.1) is 0 Å². The van der Waals surface area contributed by atoms with E-state index in [9.17, 15) is 0 Å². The molecule has 0 aromatic carbocycles. The Bertz CT molecular complexity index is 373. The van der Waals surface area contributed by atoms with Gasteiger partial charge in [0.05, 0.1) is 18.5 Å². The van der Waals surface area contributed by atoms with Crippen LogP contribution in [0.25, 0.3) is 0 Å². The molecule has 1 atom stereocenters. The maximum absolute atomic E-state index is 4.99. The largest absolute Gasteiger partial charge is 0.383 e. The van der Waals surface area contributed by atoms with Gasteiger partial charge in [-0.15, -0.1) is 5.10 Å². The normalized spacial score (nSPS) is 19.2. The SMILES string of the molecule is CN[C@H]1CCN(c2cnnc(NCCOC)c2)C1. The van der Waals surface area contributed by atoms with Crippen molar-refractivity contribution < 1.29 is 4.74 Å². The molecule has 18 heavy (non-hydrogen) atoms. The van der Waals surface area contributed by atoms with Crippen molar-refractivity contribution in [2.75, 3.05) is 50.6 Å². The Kier molecular flexibility index (Phi) is 4.72. The number of nitrogens with zero attached hydrogens (tertiary/aromatic N) is 3. The maximum atomic E-state index is 4.99. The number of ether oxygens (including phenoxy) is 1. The molecule has 1 aliphatic rings. The van der Waals surface area contributed by atoms with E-state index in [2.05, 4.69) is 25.7 Å². The summed E-state index contributed by atoms with van der Waals surface area (Å²) in [4.78, 5) is 2.33. The van der Waals surface area contributed by atoms with Crippen LogP contribution in [0.4, 0.5) is 11.5 Å². The van der Waals surface area contributed by atoms with Crippen LogP contribution in [-0.2, 0) is 4.74 Å². The van der Waals surface area contributed by atoms with Gasteiger partial charge in [-0.25, -0.2) is 0 Å². The highest BCUT2D eigenvalue weighted by molar-refractivity contribution is 5.52. The highest BCUT2D eigenvalue weighted by atomic mass is 16.5. The van der Waals surface area contributed by atoms with Crippen LogP contribution in [0.5, 0.6) is 0 Å². The van der Waals surface area contributed by atoms with Crippen molar-refractivity contribution in [1.29, 1.82) is 0 Å². The first-order valence-corrected chi connectivity index (χ1v) is 6.31. The Morgan fingerprint density at radius 3 is 3.17 bits per heavy atom. The Hall–Kier alpha value is -1.40. The predicted octanol–water partition coefficient (Wildman–Crippen LogP) is 0.333. The average molecular weight is 251 g/mol. The summed E-state index contributed by atoms with van der Waals surface area (Å²) in [6, 6.07) is 2.61. The topological polar surface area (TPSA) is 62.3 Å². The minimum Gasteiger partial charge on any atom is -0.383 e. The zero-order valence-electron chi connectivity index (χ0n) is 11.0. The lowest BCUT2D eigenvalue weighted by molar-refractivity contribution is 0.210. The molecule has 0 unspecified atom stereocenters. The van der Waals surface area contributed by atoms with E-state index in [0.29, 0.717) is 12.6 Å². The number of rotatable bonds is 6. The maximum Gasteiger partial charge on any atom is 0.150 e. The van der Waals surface area contributed by atoms with Crippen molar-refractivity contribution in [3.05, 3.63) is 12.3 Å². The molecule has 0 aliphatic carbocycles. The zero-order valence-corrected chi connectivity index (χ0v) is 11.0. The Balaban J connectivity index is 1.94. The lowest BCUT2D eigenvalue weighted by Gasteiger charge is -2.18. The van der Waals surface area contributed by atoms with Gasteiger partial charge in [0.2, 0.25) is 0 Å². The molecule has 1 fully saturated rings. The van der Waals surface area contributed by atoms with Gasteiger partial charge in [-0.2, -0.15) is 5.10 Å². The van der Waals surface area contributed by atoms with Gasteiger partial charge in [0.15, 0.2) is 5.82 Å². The fraction of sp³-hybridized carbons (Fsp3) is 0.667. The van der Waals surface area contributed by atoms with Crippen LogP contribution in [0.1, 0.15) is 6.42 Å². The molecule has 6 nitrogen and oxygen atoms in total. The van der Waals surface area contributed by atoms with Crippen molar-refractivity contribution in [2.45, 2.75) is 12.5 Å². The van der Waals surface area contributed by atoms with Gasteiger partial charge in [0.1, 0.15) is 0 Å². The minimum atomic E-state index is 0.572. The molecule has 0 amide bonds. The Morgan fingerprint density at radius 2 is 2.44 bits per heavy atom. The fourth-order valence-corrected chi connectivity index (χ4v) is 2.13. The van der Waals surface area contributed by atoms with Gasteiger partial charge < -0.3 is 20.3 Å². The van der Waals surface area contributed by atoms with Gasteiger partial charge in [-0.3, -0.25) is 0 Å². The van der Waals surface area contributed by atoms with Crippen molar-refractivity contribution in [2.24, 2.45) is 0 Å². The monoisotopic (exact) mass is 251 g/mol. The lowest BCUT2D eigenvalue weighted by atomic mass is 10.3. The highest BCUT2D eigenvalue weighted by Gasteiger charge is 2.21. The van der Waals surface area contributed by atoms with Crippen LogP contribution in [0.15, 0.2) is 12.3 Å². The molecule has 0 saturated carbocycles. The van der Waals surface area contributed by atoms with E-state index < -0.39 is 0 Å². The molecule has 1 aromatic rings. The summed E-state index contributed by atoms with van der Waals surface area (Å²) in [5.41, 5.74) is 1.13. The molecule has 1 saturated heterocycles. The standard InChI is InChI=1S/C12H21N5O/c1-13-10-3-5-17(9-10)11-7-12(16-15-8-11)14-4-6-18-2/h7-8,10,13H,3-6,9H2,1-2H3,(H,14,16)/t10-/m0/s1. The molecular formula is C12H21N5O. The minimum absolute atomic E-state index is 0.572. The van der Waals surface area contributed by atoms with Gasteiger partial charge in [0, 0.05) is 38.9 Å². The van der Waals surface area contributed by atoms with Crippen LogP contribution < -0.4 is 15.5 Å². The van der Waals surface area contributed by atoms with Gasteiger partial charge in [-0.05, 0) is 13.5 Å². The smallest absolute Gasteiger partial charge is 0.150 e. The zero-order chi connectivity index (χ0) is 12.8. The molecule has 1 aromatic heterocycles. The second kappa shape index (κ2) is 6.51. The molecule has 2 rings (SSSR count). The third kappa shape index (κ3) is 3.30. The number of anilines is 2. The van der Waals surface area contributed by atoms with Crippen molar-refractivity contribution in [3.8, 4) is 0 Å². The van der Waals surface area contributed by atoms with E-state index in [4.69, 9.17) is 4.74 Å². The van der Waals surface area contributed by atoms with E-state index in [1.54, 1.807) is 7.11 Å². The summed E-state index contributed by atoms with van der Waals surface area (Å²) in [6.07, 6.45) is 2.99. The first-order chi connectivity index (χ1) is 8.83. The molecular weight excluding hydrogens is 230 g/mol. The summed E-state index contributed by atoms with van der Waals surface area (Å²) in [5.74, 6) is 0.803. The van der Waals surface area contributed by atoms with Crippen LogP contribution >= 0.6 is 0 Å². The second-order valence-corrected chi connectivity index (χ2v) is 4.44. The van der Waals surface area contributed by atoms with Crippen LogP contribution in [0.3, 0.4) is 0 Å². The second-order valence-electron chi connectivity index (χ2n) is 4.44. The van der Waals surface area contributed by atoms with E-state index in [1.807, 2.05) is 19.3 Å². The highest BCUT2D eigenvalue weighted by Crippen LogP contribution is 2.20. The number of nitrogens with one attached hydrogen (secondary N) is 2. The van der Waals surface area contributed by atoms with E-state index in [1.165, 1.54) is 6.42 Å². The van der Waals surface area contributed by atoms with Crippen LogP contribution in [0.2, 0.25) is 0 Å². The van der Waals surface area contributed by atoms with Crippen LogP contribution in [-0.4, -0.2) is 56.6 Å². The number of aromatic nitrogens is 2. The fourth-order valence-electron chi connectivity index (χ4n) is 2.13. The molecule has 6 heteroatoms. The van der Waals surface area contributed by atoms with Crippen molar-refractivity contribution >= 4 is 11.5 Å². The summed E-state index contributed by atoms with van der Waals surface area (Å²) in [6.45, 7) is 3.50. The molecule has 0 spiro atoms. The number of hydrogen-bond donors (Lipinski definition) is 2.